The van der Waals surface area contributed by atoms with E-state index in [0.717, 1.165) is 5.56 Å². The summed E-state index contributed by atoms with van der Waals surface area (Å²) in [4.78, 5) is 98.5. The molecule has 0 heterocycles. The largest absolute Gasteiger partial charge is 0.481 e. The van der Waals surface area contributed by atoms with Crippen LogP contribution in [0, 0.1) is 12.8 Å². The van der Waals surface area contributed by atoms with Crippen molar-refractivity contribution in [3.05, 3.63) is 59.7 Å². The fourth-order valence-electron chi connectivity index (χ4n) is 4.92. The van der Waals surface area contributed by atoms with Crippen LogP contribution in [0.5, 0.6) is 0 Å². The van der Waals surface area contributed by atoms with Crippen LogP contribution in [0.15, 0.2) is 48.5 Å². The molecule has 0 aliphatic carbocycles. The van der Waals surface area contributed by atoms with Crippen LogP contribution in [0.25, 0.3) is 0 Å². The van der Waals surface area contributed by atoms with Crippen LogP contribution in [0.1, 0.15) is 57.1 Å². The van der Waals surface area contributed by atoms with Crippen molar-refractivity contribution in [1.82, 2.24) is 21.3 Å². The van der Waals surface area contributed by atoms with Crippen molar-refractivity contribution in [3.63, 3.8) is 0 Å². The summed E-state index contributed by atoms with van der Waals surface area (Å²) in [5.74, 6) is -8.41. The number of carboxylic acids is 3. The second kappa shape index (κ2) is 21.4. The molecule has 53 heavy (non-hydrogen) atoms. The van der Waals surface area contributed by atoms with Gasteiger partial charge in [0.05, 0.1) is 19.4 Å². The third kappa shape index (κ3) is 15.0. The molecule has 288 valence electrons. The smallest absolute Gasteiger partial charge is 0.326 e. The van der Waals surface area contributed by atoms with E-state index in [2.05, 4.69) is 26.6 Å². The number of carboxylic acid groups (broad SMARTS) is 3. The first-order valence-corrected chi connectivity index (χ1v) is 16.7. The maximum Gasteiger partial charge on any atom is 0.326 e. The lowest BCUT2D eigenvalue weighted by Gasteiger charge is -2.27. The Kier molecular flexibility index (Phi) is 17.4. The molecule has 2 rings (SSSR count). The SMILES string of the molecule is CCC(C)[C@H](NC(=O)Cc1ccc(NC(=O)Nc2ccccc2C)cc1)C(=O)N[C@@H](CCCC(=O)O)C(=O)N[C@@H](CO)C(=O)N[C@@H](CC(=O)O)C(=O)O. The Morgan fingerprint density at radius 3 is 1.89 bits per heavy atom. The van der Waals surface area contributed by atoms with Crippen LogP contribution >= 0.6 is 0 Å². The molecule has 0 fully saturated rings. The number of hydrogen-bond acceptors (Lipinski definition) is 9. The van der Waals surface area contributed by atoms with Crippen LogP contribution in [-0.4, -0.2) is 98.8 Å². The van der Waals surface area contributed by atoms with Crippen LogP contribution in [0.2, 0.25) is 0 Å². The van der Waals surface area contributed by atoms with Crippen molar-refractivity contribution in [1.29, 1.82) is 0 Å². The molecule has 1 unspecified atom stereocenters. The first kappa shape index (κ1) is 43.1. The molecular formula is C35H46N6O12. The van der Waals surface area contributed by atoms with E-state index < -0.39 is 90.7 Å². The molecule has 18 heteroatoms. The molecule has 0 aliphatic rings. The summed E-state index contributed by atoms with van der Waals surface area (Å²) < 4.78 is 0. The number of aryl methyl sites for hydroxylation is 1. The number of amides is 6. The molecule has 0 saturated heterocycles. The number of para-hydroxylation sites is 1. The summed E-state index contributed by atoms with van der Waals surface area (Å²) in [6, 6.07) is 7.02. The average molecular weight is 743 g/mol. The summed E-state index contributed by atoms with van der Waals surface area (Å²) >= 11 is 0. The quantitative estimate of drug-likeness (QED) is 0.0857. The van der Waals surface area contributed by atoms with E-state index in [-0.39, 0.29) is 25.7 Å². The van der Waals surface area contributed by atoms with Crippen molar-refractivity contribution in [3.8, 4) is 0 Å². The molecule has 2 aromatic rings. The lowest BCUT2D eigenvalue weighted by atomic mass is 9.97. The van der Waals surface area contributed by atoms with Crippen molar-refractivity contribution >= 4 is 58.9 Å². The zero-order chi connectivity index (χ0) is 39.7. The standard InChI is InChI=1S/C35H46N6O12/c1-4-19(2)30(41-27(43)16-21-12-14-22(15-13-21)36-35(53)40-23-9-6-5-8-20(23)3)33(50)37-24(10-7-11-28(44)45)31(48)39-26(18-42)32(49)38-25(34(51)52)17-29(46)47/h5-6,8-9,12-15,19,24-26,30,42H,4,7,10-11,16-18H2,1-3H3,(H,37,50)(H,38,49)(H,39,48)(H,41,43)(H,44,45)(H,46,47)(H,51,52)(H2,36,40,53)/t19?,24-,25-,26-,30-/m0/s1. The molecule has 0 spiro atoms. The molecule has 0 aromatic heterocycles. The number of carbonyl (C=O) groups is 8. The number of aliphatic hydroxyl groups is 1. The van der Waals surface area contributed by atoms with Gasteiger partial charge in [-0.05, 0) is 55.0 Å². The fraction of sp³-hybridized carbons (Fsp3) is 0.429. The van der Waals surface area contributed by atoms with E-state index in [1.165, 1.54) is 0 Å². The Bertz CT molecular complexity index is 1630. The molecule has 18 nitrogen and oxygen atoms in total. The molecule has 0 saturated carbocycles. The van der Waals surface area contributed by atoms with Gasteiger partial charge in [-0.25, -0.2) is 9.59 Å². The summed E-state index contributed by atoms with van der Waals surface area (Å²) in [6.45, 7) is 4.29. The Balaban J connectivity index is 2.12. The molecule has 6 amide bonds. The van der Waals surface area contributed by atoms with Crippen LogP contribution in [0.3, 0.4) is 0 Å². The fourth-order valence-corrected chi connectivity index (χ4v) is 4.92. The van der Waals surface area contributed by atoms with E-state index in [0.29, 0.717) is 23.4 Å². The summed E-state index contributed by atoms with van der Waals surface area (Å²) in [6.07, 6.45) is -1.42. The predicted molar refractivity (Wildman–Crippen MR) is 190 cm³/mol. The van der Waals surface area contributed by atoms with E-state index in [1.54, 1.807) is 50.2 Å². The van der Waals surface area contributed by atoms with Gasteiger partial charge >= 0.3 is 23.9 Å². The highest BCUT2D eigenvalue weighted by Gasteiger charge is 2.33. The van der Waals surface area contributed by atoms with Gasteiger partial charge in [-0.15, -0.1) is 0 Å². The number of urea groups is 1. The van der Waals surface area contributed by atoms with Gasteiger partial charge in [0.15, 0.2) is 0 Å². The molecule has 0 bridgehead atoms. The van der Waals surface area contributed by atoms with Gasteiger partial charge < -0.3 is 52.3 Å². The molecule has 2 aromatic carbocycles. The molecule has 10 N–H and O–H groups in total. The van der Waals surface area contributed by atoms with E-state index in [1.807, 2.05) is 24.4 Å². The number of rotatable bonds is 21. The zero-order valence-electron chi connectivity index (χ0n) is 29.5. The van der Waals surface area contributed by atoms with Gasteiger partial charge in [0.25, 0.3) is 0 Å². The Morgan fingerprint density at radius 1 is 0.717 bits per heavy atom. The van der Waals surface area contributed by atoms with E-state index in [9.17, 15) is 48.6 Å². The first-order valence-electron chi connectivity index (χ1n) is 16.7. The maximum atomic E-state index is 13.5. The number of anilines is 2. The van der Waals surface area contributed by atoms with Crippen LogP contribution < -0.4 is 31.9 Å². The number of carbonyl (C=O) groups excluding carboxylic acids is 5. The third-order valence-electron chi connectivity index (χ3n) is 8.11. The Morgan fingerprint density at radius 2 is 1.32 bits per heavy atom. The topological polar surface area (TPSA) is 290 Å². The molecule has 0 aliphatic heterocycles. The van der Waals surface area contributed by atoms with E-state index in [4.69, 9.17) is 10.2 Å². The van der Waals surface area contributed by atoms with Crippen molar-refractivity contribution in [2.45, 2.75) is 83.5 Å². The third-order valence-corrected chi connectivity index (χ3v) is 8.11. The molecule has 0 radical (unpaired) electrons. The van der Waals surface area contributed by atoms with Gasteiger partial charge in [-0.3, -0.25) is 28.8 Å². The van der Waals surface area contributed by atoms with Gasteiger partial charge in [0, 0.05) is 17.8 Å². The molecule has 5 atom stereocenters. The van der Waals surface area contributed by atoms with Crippen LogP contribution in [-0.2, 0) is 40.0 Å². The van der Waals surface area contributed by atoms with Crippen molar-refractivity contribution in [2.24, 2.45) is 5.92 Å². The monoisotopic (exact) mass is 742 g/mol. The first-order chi connectivity index (χ1) is 25.0. The summed E-state index contributed by atoms with van der Waals surface area (Å²) in [5, 5.41) is 51.7. The lowest BCUT2D eigenvalue weighted by molar-refractivity contribution is -0.147. The highest BCUT2D eigenvalue weighted by Crippen LogP contribution is 2.16. The van der Waals surface area contributed by atoms with Gasteiger partial charge in [-0.2, -0.15) is 0 Å². The molecular weight excluding hydrogens is 696 g/mol. The maximum absolute atomic E-state index is 13.5. The second-order valence-electron chi connectivity index (χ2n) is 12.3. The number of aliphatic carboxylic acids is 3. The summed E-state index contributed by atoms with van der Waals surface area (Å²) in [7, 11) is 0. The summed E-state index contributed by atoms with van der Waals surface area (Å²) in [5.41, 5.74) is 2.55. The Labute approximate surface area is 305 Å². The zero-order valence-corrected chi connectivity index (χ0v) is 29.5. The number of benzene rings is 2. The average Bonchev–Trinajstić information content (AvgIpc) is 3.09. The van der Waals surface area contributed by atoms with Gasteiger partial charge in [-0.1, -0.05) is 50.6 Å². The minimum Gasteiger partial charge on any atom is -0.481 e. The highest BCUT2D eigenvalue weighted by atomic mass is 16.4. The normalized spacial score (nSPS) is 13.5. The van der Waals surface area contributed by atoms with Crippen molar-refractivity contribution < 1.29 is 58.8 Å². The predicted octanol–water partition coefficient (Wildman–Crippen LogP) is 0.973. The highest BCUT2D eigenvalue weighted by molar-refractivity contribution is 6.00. The number of nitrogens with one attached hydrogen (secondary N) is 6. The van der Waals surface area contributed by atoms with Crippen molar-refractivity contribution in [2.75, 3.05) is 17.2 Å². The minimum absolute atomic E-state index is 0.0951. The van der Waals surface area contributed by atoms with E-state index >= 15 is 0 Å². The van der Waals surface area contributed by atoms with Gasteiger partial charge in [0.1, 0.15) is 24.2 Å². The minimum atomic E-state index is -1.87. The lowest BCUT2D eigenvalue weighted by Crippen LogP contribution is -2.59. The Hall–Kier alpha value is -6.04. The second-order valence-corrected chi connectivity index (χ2v) is 12.3. The number of hydrogen-bond donors (Lipinski definition) is 10. The number of aliphatic hydroxyl groups excluding tert-OH is 1. The van der Waals surface area contributed by atoms with Crippen LogP contribution in [0.4, 0.5) is 16.2 Å². The van der Waals surface area contributed by atoms with Gasteiger partial charge in [0.2, 0.25) is 23.6 Å².